The van der Waals surface area contributed by atoms with Crippen molar-refractivity contribution in [1.29, 1.82) is 0 Å². The molecule has 0 aromatic rings. The van der Waals surface area contributed by atoms with Crippen molar-refractivity contribution in [3.63, 3.8) is 0 Å². The summed E-state index contributed by atoms with van der Waals surface area (Å²) in [6, 6.07) is 0. The van der Waals surface area contributed by atoms with Gasteiger partial charge in [-0.2, -0.15) is 0 Å². The number of ether oxygens (including phenoxy) is 1. The van der Waals surface area contributed by atoms with Gasteiger partial charge in [0.25, 0.3) is 0 Å². The van der Waals surface area contributed by atoms with Gasteiger partial charge in [0.15, 0.2) is 5.78 Å². The van der Waals surface area contributed by atoms with E-state index in [0.717, 1.165) is 25.7 Å². The van der Waals surface area contributed by atoms with Crippen LogP contribution in [0.3, 0.4) is 0 Å². The van der Waals surface area contributed by atoms with Crippen LogP contribution in [0.2, 0.25) is 0 Å². The summed E-state index contributed by atoms with van der Waals surface area (Å²) >= 11 is 0. The van der Waals surface area contributed by atoms with Crippen LogP contribution in [0.4, 0.5) is 0 Å². The molecule has 0 aliphatic carbocycles. The second kappa shape index (κ2) is 12.2. The van der Waals surface area contributed by atoms with Crippen LogP contribution in [0.1, 0.15) is 65.7 Å². The van der Waals surface area contributed by atoms with Crippen LogP contribution in [0.5, 0.6) is 0 Å². The van der Waals surface area contributed by atoms with Crippen molar-refractivity contribution in [3.8, 4) is 0 Å². The summed E-state index contributed by atoms with van der Waals surface area (Å²) in [5, 5.41) is 2.70. The largest absolute Gasteiger partial charge is 0.469 e. The second-order valence-corrected chi connectivity index (χ2v) is 5.74. The molecule has 0 heterocycles. The number of hydrogen-bond donors (Lipinski definition) is 1. The molecule has 128 valence electrons. The minimum atomic E-state index is -0.236. The maximum Gasteiger partial charge on any atom is 0.305 e. The third-order valence-corrected chi connectivity index (χ3v) is 4.11. The number of esters is 1. The molecule has 5 heteroatoms. The summed E-state index contributed by atoms with van der Waals surface area (Å²) in [6.45, 7) is 6.18. The molecule has 0 aliphatic heterocycles. The molecule has 0 aromatic carbocycles. The van der Waals surface area contributed by atoms with Crippen molar-refractivity contribution in [3.05, 3.63) is 0 Å². The van der Waals surface area contributed by atoms with E-state index in [4.69, 9.17) is 4.74 Å². The van der Waals surface area contributed by atoms with Crippen LogP contribution >= 0.6 is 0 Å². The zero-order valence-electron chi connectivity index (χ0n) is 14.4. The van der Waals surface area contributed by atoms with Crippen molar-refractivity contribution in [2.75, 3.05) is 13.7 Å². The van der Waals surface area contributed by atoms with Crippen molar-refractivity contribution < 1.29 is 19.1 Å². The molecule has 0 rings (SSSR count). The third kappa shape index (κ3) is 8.80. The molecular weight excluding hydrogens is 282 g/mol. The molecule has 0 fully saturated rings. The number of carbonyl (C=O) groups excluding carboxylic acids is 3. The highest BCUT2D eigenvalue weighted by atomic mass is 16.5. The highest BCUT2D eigenvalue weighted by Crippen LogP contribution is 2.26. The van der Waals surface area contributed by atoms with Gasteiger partial charge in [0.1, 0.15) is 0 Å². The van der Waals surface area contributed by atoms with Gasteiger partial charge in [-0.25, -0.2) is 0 Å². The third-order valence-electron chi connectivity index (χ3n) is 4.11. The lowest BCUT2D eigenvalue weighted by atomic mass is 9.83. The van der Waals surface area contributed by atoms with E-state index < -0.39 is 0 Å². The van der Waals surface area contributed by atoms with E-state index in [2.05, 4.69) is 5.32 Å². The number of hydrogen-bond acceptors (Lipinski definition) is 4. The molecule has 1 amide bonds. The first-order valence-corrected chi connectivity index (χ1v) is 8.33. The molecule has 1 N–H and O–H groups in total. The number of amides is 1. The Balaban J connectivity index is 4.31. The molecule has 22 heavy (non-hydrogen) atoms. The highest BCUT2D eigenvalue weighted by molar-refractivity contribution is 5.86. The molecule has 0 saturated heterocycles. The number of nitrogens with one attached hydrogen (secondary N) is 1. The van der Waals surface area contributed by atoms with E-state index in [1.807, 2.05) is 20.8 Å². The first-order valence-electron chi connectivity index (χ1n) is 8.33. The Hall–Kier alpha value is -1.39. The predicted molar refractivity (Wildman–Crippen MR) is 86.4 cm³/mol. The Morgan fingerprint density at radius 2 is 1.59 bits per heavy atom. The van der Waals surface area contributed by atoms with E-state index >= 15 is 0 Å². The minimum absolute atomic E-state index is 0.0739. The van der Waals surface area contributed by atoms with E-state index in [0.29, 0.717) is 19.3 Å². The van der Waals surface area contributed by atoms with Gasteiger partial charge in [-0.15, -0.1) is 0 Å². The van der Waals surface area contributed by atoms with E-state index in [-0.39, 0.29) is 36.0 Å². The van der Waals surface area contributed by atoms with Crippen molar-refractivity contribution in [2.24, 2.45) is 11.8 Å². The zero-order valence-corrected chi connectivity index (χ0v) is 14.4. The fourth-order valence-corrected chi connectivity index (χ4v) is 2.56. The lowest BCUT2D eigenvalue weighted by molar-refractivity contribution is -0.142. The SMILES string of the molecule is CCCCC(=O)CNC(=O)CC(CC)C(CC)CC(=O)OC. The summed E-state index contributed by atoms with van der Waals surface area (Å²) in [5.74, 6) is -0.000784. The zero-order chi connectivity index (χ0) is 17.0. The Labute approximate surface area is 134 Å². The van der Waals surface area contributed by atoms with Gasteiger partial charge < -0.3 is 10.1 Å². The number of rotatable bonds is 12. The minimum Gasteiger partial charge on any atom is -0.469 e. The lowest BCUT2D eigenvalue weighted by Crippen LogP contribution is -2.32. The average Bonchev–Trinajstić information content (AvgIpc) is 2.53. The van der Waals surface area contributed by atoms with Gasteiger partial charge in [0.2, 0.25) is 5.91 Å². The van der Waals surface area contributed by atoms with Crippen LogP contribution in [0, 0.1) is 11.8 Å². The number of ketones is 1. The fraction of sp³-hybridized carbons (Fsp3) is 0.824. The van der Waals surface area contributed by atoms with Crippen LogP contribution in [-0.4, -0.2) is 31.3 Å². The maximum atomic E-state index is 12.0. The molecule has 2 unspecified atom stereocenters. The van der Waals surface area contributed by atoms with Crippen molar-refractivity contribution >= 4 is 17.7 Å². The Bertz CT molecular complexity index is 355. The molecule has 2 atom stereocenters. The van der Waals surface area contributed by atoms with Crippen LogP contribution in [0.15, 0.2) is 0 Å². The van der Waals surface area contributed by atoms with Gasteiger partial charge >= 0.3 is 5.97 Å². The molecule has 0 spiro atoms. The molecule has 0 bridgehead atoms. The quantitative estimate of drug-likeness (QED) is 0.562. The number of unbranched alkanes of at least 4 members (excludes halogenated alkanes) is 1. The topological polar surface area (TPSA) is 72.5 Å². The number of carbonyl (C=O) groups is 3. The summed E-state index contributed by atoms with van der Waals surface area (Å²) in [7, 11) is 1.38. The van der Waals surface area contributed by atoms with Crippen LogP contribution in [0.25, 0.3) is 0 Å². The van der Waals surface area contributed by atoms with Gasteiger partial charge in [0.05, 0.1) is 13.7 Å². The number of Topliss-reactive ketones (excluding diaryl/α,β-unsaturated/α-hetero) is 1. The maximum absolute atomic E-state index is 12.0. The average molecular weight is 313 g/mol. The Morgan fingerprint density at radius 1 is 1.00 bits per heavy atom. The monoisotopic (exact) mass is 313 g/mol. The molecule has 0 aliphatic rings. The molecule has 0 saturated carbocycles. The smallest absolute Gasteiger partial charge is 0.305 e. The molecule has 5 nitrogen and oxygen atoms in total. The summed E-state index contributed by atoms with van der Waals surface area (Å²) < 4.78 is 4.71. The van der Waals surface area contributed by atoms with Crippen molar-refractivity contribution in [1.82, 2.24) is 5.32 Å². The summed E-state index contributed by atoms with van der Waals surface area (Å²) in [6.07, 6.45) is 4.71. The van der Waals surface area contributed by atoms with Crippen LogP contribution < -0.4 is 5.32 Å². The standard InChI is InChI=1S/C17H31NO4/c1-5-8-9-15(19)12-18-16(20)10-13(6-2)14(7-3)11-17(21)22-4/h13-14H,5-12H2,1-4H3,(H,18,20). The van der Waals surface area contributed by atoms with E-state index in [1.165, 1.54) is 7.11 Å². The van der Waals surface area contributed by atoms with Crippen LogP contribution in [-0.2, 0) is 19.1 Å². The summed E-state index contributed by atoms with van der Waals surface area (Å²) in [5.41, 5.74) is 0. The second-order valence-electron chi connectivity index (χ2n) is 5.74. The Morgan fingerprint density at radius 3 is 2.09 bits per heavy atom. The summed E-state index contributed by atoms with van der Waals surface area (Å²) in [4.78, 5) is 35.0. The highest BCUT2D eigenvalue weighted by Gasteiger charge is 2.24. The van der Waals surface area contributed by atoms with Gasteiger partial charge in [-0.1, -0.05) is 40.0 Å². The van der Waals surface area contributed by atoms with Gasteiger partial charge in [-0.05, 0) is 18.3 Å². The van der Waals surface area contributed by atoms with Crippen molar-refractivity contribution in [2.45, 2.75) is 65.7 Å². The lowest BCUT2D eigenvalue weighted by Gasteiger charge is -2.23. The Kier molecular flexibility index (Phi) is 11.4. The first-order chi connectivity index (χ1) is 10.5. The van der Waals surface area contributed by atoms with E-state index in [1.54, 1.807) is 0 Å². The molecular formula is C17H31NO4. The predicted octanol–water partition coefficient (Wildman–Crippen LogP) is 2.87. The van der Waals surface area contributed by atoms with Gasteiger partial charge in [-0.3, -0.25) is 14.4 Å². The fourth-order valence-electron chi connectivity index (χ4n) is 2.56. The van der Waals surface area contributed by atoms with Gasteiger partial charge in [0, 0.05) is 19.3 Å². The molecule has 0 aromatic heterocycles. The number of methoxy groups -OCH3 is 1. The molecule has 0 radical (unpaired) electrons. The first kappa shape index (κ1) is 20.6. The van der Waals surface area contributed by atoms with E-state index in [9.17, 15) is 14.4 Å². The normalized spacial score (nSPS) is 13.3.